The fourth-order valence-electron chi connectivity index (χ4n) is 1.68. The van der Waals surface area contributed by atoms with Crippen LogP contribution in [0.2, 0.25) is 0 Å². The molecule has 0 saturated carbocycles. The summed E-state index contributed by atoms with van der Waals surface area (Å²) in [4.78, 5) is 4.35. The highest BCUT2D eigenvalue weighted by Crippen LogP contribution is 2.21. The smallest absolute Gasteiger partial charge is 0.228 e. The van der Waals surface area contributed by atoms with Gasteiger partial charge in [-0.3, -0.25) is 0 Å². The van der Waals surface area contributed by atoms with E-state index in [0.717, 1.165) is 6.42 Å². The second-order valence-electron chi connectivity index (χ2n) is 5.26. The minimum atomic E-state index is 0.163. The molecule has 0 bridgehead atoms. The van der Waals surface area contributed by atoms with Crippen molar-refractivity contribution in [3.63, 3.8) is 0 Å². The summed E-state index contributed by atoms with van der Waals surface area (Å²) in [5, 5.41) is 7.22. The standard InChI is InChI=1S/C12H23N3O2/c1-12(2,3)9(13-4)8-11-14-10(15-17-11)6-7-16-5/h9,13H,6-8H2,1-5H3. The minimum absolute atomic E-state index is 0.163. The summed E-state index contributed by atoms with van der Waals surface area (Å²) in [5.41, 5.74) is 0.163. The zero-order valence-corrected chi connectivity index (χ0v) is 11.4. The third-order valence-electron chi connectivity index (χ3n) is 2.81. The molecular formula is C12H23N3O2. The third-order valence-corrected chi connectivity index (χ3v) is 2.81. The van der Waals surface area contributed by atoms with E-state index in [-0.39, 0.29) is 5.41 Å². The Kier molecular flexibility index (Phi) is 5.08. The first-order chi connectivity index (χ1) is 7.97. The molecule has 5 heteroatoms. The van der Waals surface area contributed by atoms with Crippen molar-refractivity contribution in [3.8, 4) is 0 Å². The molecule has 17 heavy (non-hydrogen) atoms. The van der Waals surface area contributed by atoms with E-state index in [2.05, 4.69) is 36.2 Å². The van der Waals surface area contributed by atoms with Crippen molar-refractivity contribution in [2.24, 2.45) is 5.41 Å². The average Bonchev–Trinajstić information content (AvgIpc) is 2.69. The molecule has 1 unspecified atom stereocenters. The molecule has 1 rings (SSSR count). The number of aromatic nitrogens is 2. The molecule has 1 aromatic rings. The Morgan fingerprint density at radius 3 is 2.65 bits per heavy atom. The third kappa shape index (κ3) is 4.44. The van der Waals surface area contributed by atoms with Gasteiger partial charge in [-0.05, 0) is 12.5 Å². The molecular weight excluding hydrogens is 218 g/mol. The van der Waals surface area contributed by atoms with Gasteiger partial charge in [0.25, 0.3) is 0 Å². The Morgan fingerprint density at radius 1 is 1.41 bits per heavy atom. The quantitative estimate of drug-likeness (QED) is 0.816. The summed E-state index contributed by atoms with van der Waals surface area (Å²) in [6, 6.07) is 0.318. The fourth-order valence-corrected chi connectivity index (χ4v) is 1.68. The Morgan fingerprint density at radius 2 is 2.12 bits per heavy atom. The molecule has 0 amide bonds. The van der Waals surface area contributed by atoms with E-state index in [1.807, 2.05) is 7.05 Å². The highest BCUT2D eigenvalue weighted by atomic mass is 16.5. The first-order valence-corrected chi connectivity index (χ1v) is 5.95. The van der Waals surface area contributed by atoms with Crippen LogP contribution in [0.1, 0.15) is 32.5 Å². The summed E-state index contributed by atoms with van der Waals surface area (Å²) in [6.45, 7) is 7.19. The largest absolute Gasteiger partial charge is 0.384 e. The van der Waals surface area contributed by atoms with Gasteiger partial charge in [0.05, 0.1) is 6.61 Å². The number of nitrogens with zero attached hydrogens (tertiary/aromatic N) is 2. The van der Waals surface area contributed by atoms with E-state index in [1.54, 1.807) is 7.11 Å². The maximum absolute atomic E-state index is 5.23. The van der Waals surface area contributed by atoms with Crippen molar-refractivity contribution in [2.75, 3.05) is 20.8 Å². The van der Waals surface area contributed by atoms with Crippen molar-refractivity contribution in [3.05, 3.63) is 11.7 Å². The van der Waals surface area contributed by atoms with Gasteiger partial charge in [-0.1, -0.05) is 25.9 Å². The van der Waals surface area contributed by atoms with Crippen LogP contribution in [0.4, 0.5) is 0 Å². The summed E-state index contributed by atoms with van der Waals surface area (Å²) < 4.78 is 10.2. The Balaban J connectivity index is 2.58. The lowest BCUT2D eigenvalue weighted by Crippen LogP contribution is -2.39. The lowest BCUT2D eigenvalue weighted by molar-refractivity contribution is 0.199. The first-order valence-electron chi connectivity index (χ1n) is 5.95. The van der Waals surface area contributed by atoms with Gasteiger partial charge in [0.2, 0.25) is 5.89 Å². The van der Waals surface area contributed by atoms with E-state index in [9.17, 15) is 0 Å². The average molecular weight is 241 g/mol. The molecule has 1 N–H and O–H groups in total. The molecule has 0 fully saturated rings. The number of hydrogen-bond donors (Lipinski definition) is 1. The number of nitrogens with one attached hydrogen (secondary N) is 1. The van der Waals surface area contributed by atoms with E-state index >= 15 is 0 Å². The Hall–Kier alpha value is -0.940. The van der Waals surface area contributed by atoms with Crippen molar-refractivity contribution in [1.29, 1.82) is 0 Å². The molecule has 5 nitrogen and oxygen atoms in total. The highest BCUT2D eigenvalue weighted by molar-refractivity contribution is 4.93. The zero-order valence-electron chi connectivity index (χ0n) is 11.4. The molecule has 0 aliphatic rings. The molecule has 0 spiro atoms. The monoisotopic (exact) mass is 241 g/mol. The lowest BCUT2D eigenvalue weighted by atomic mass is 9.85. The van der Waals surface area contributed by atoms with Crippen molar-refractivity contribution >= 4 is 0 Å². The van der Waals surface area contributed by atoms with Crippen LogP contribution in [0.15, 0.2) is 4.52 Å². The molecule has 0 saturated heterocycles. The van der Waals surface area contributed by atoms with Gasteiger partial charge in [0.15, 0.2) is 5.82 Å². The van der Waals surface area contributed by atoms with Crippen LogP contribution < -0.4 is 5.32 Å². The molecule has 0 aliphatic carbocycles. The van der Waals surface area contributed by atoms with Crippen LogP contribution in [0.25, 0.3) is 0 Å². The number of likely N-dealkylation sites (N-methyl/N-ethyl adjacent to an activating group) is 1. The van der Waals surface area contributed by atoms with Gasteiger partial charge in [-0.15, -0.1) is 0 Å². The van der Waals surface area contributed by atoms with Crippen LogP contribution in [0, 0.1) is 5.41 Å². The zero-order chi connectivity index (χ0) is 12.9. The van der Waals surface area contributed by atoms with Gasteiger partial charge in [-0.2, -0.15) is 4.98 Å². The number of methoxy groups -OCH3 is 1. The van der Waals surface area contributed by atoms with Crippen molar-refractivity contribution in [2.45, 2.75) is 39.7 Å². The van der Waals surface area contributed by atoms with Gasteiger partial charge < -0.3 is 14.6 Å². The molecule has 0 radical (unpaired) electrons. The second-order valence-corrected chi connectivity index (χ2v) is 5.26. The van der Waals surface area contributed by atoms with E-state index in [1.165, 1.54) is 0 Å². The Labute approximate surface area is 103 Å². The molecule has 0 aromatic carbocycles. The van der Waals surface area contributed by atoms with Crippen LogP contribution in [-0.4, -0.2) is 36.9 Å². The maximum Gasteiger partial charge on any atom is 0.228 e. The van der Waals surface area contributed by atoms with Crippen LogP contribution in [0.5, 0.6) is 0 Å². The summed E-state index contributed by atoms with van der Waals surface area (Å²) in [7, 11) is 3.62. The number of ether oxygens (including phenoxy) is 1. The van der Waals surface area contributed by atoms with Gasteiger partial charge in [-0.25, -0.2) is 0 Å². The predicted molar refractivity (Wildman–Crippen MR) is 65.9 cm³/mol. The normalized spacial score (nSPS) is 13.9. The van der Waals surface area contributed by atoms with Gasteiger partial charge >= 0.3 is 0 Å². The van der Waals surface area contributed by atoms with Crippen LogP contribution >= 0.6 is 0 Å². The van der Waals surface area contributed by atoms with Gasteiger partial charge in [0, 0.05) is 26.0 Å². The van der Waals surface area contributed by atoms with Crippen molar-refractivity contribution in [1.82, 2.24) is 15.5 Å². The molecule has 1 heterocycles. The molecule has 98 valence electrons. The predicted octanol–water partition coefficient (Wildman–Crippen LogP) is 1.44. The van der Waals surface area contributed by atoms with E-state index in [4.69, 9.17) is 9.26 Å². The second kappa shape index (κ2) is 6.12. The molecule has 1 aromatic heterocycles. The highest BCUT2D eigenvalue weighted by Gasteiger charge is 2.25. The number of hydrogen-bond acceptors (Lipinski definition) is 5. The molecule has 0 aliphatic heterocycles. The summed E-state index contributed by atoms with van der Waals surface area (Å²) in [5.74, 6) is 1.40. The van der Waals surface area contributed by atoms with Crippen LogP contribution in [0.3, 0.4) is 0 Å². The SMILES string of the molecule is CNC(Cc1nc(CCOC)no1)C(C)(C)C. The van der Waals surface area contributed by atoms with E-state index in [0.29, 0.717) is 30.8 Å². The minimum Gasteiger partial charge on any atom is -0.384 e. The first kappa shape index (κ1) is 14.1. The van der Waals surface area contributed by atoms with E-state index < -0.39 is 0 Å². The molecule has 1 atom stereocenters. The maximum atomic E-state index is 5.23. The number of rotatable bonds is 6. The Bertz CT molecular complexity index is 331. The van der Waals surface area contributed by atoms with Gasteiger partial charge in [0.1, 0.15) is 0 Å². The lowest BCUT2D eigenvalue weighted by Gasteiger charge is -2.29. The summed E-state index contributed by atoms with van der Waals surface area (Å²) >= 11 is 0. The summed E-state index contributed by atoms with van der Waals surface area (Å²) in [6.07, 6.45) is 1.44. The topological polar surface area (TPSA) is 60.2 Å². The fraction of sp³-hybridized carbons (Fsp3) is 0.833. The van der Waals surface area contributed by atoms with Crippen LogP contribution in [-0.2, 0) is 17.6 Å². The van der Waals surface area contributed by atoms with Crippen molar-refractivity contribution < 1.29 is 9.26 Å².